The zero-order valence-electron chi connectivity index (χ0n) is 10.9. The number of hydrogen-bond donors (Lipinski definition) is 1. The lowest BCUT2D eigenvalue weighted by Gasteiger charge is -2.12. The highest BCUT2D eigenvalue weighted by atomic mass is 32.2. The van der Waals surface area contributed by atoms with Crippen LogP contribution in [-0.2, 0) is 13.6 Å². The molecule has 0 aliphatic heterocycles. The van der Waals surface area contributed by atoms with Gasteiger partial charge in [0.25, 0.3) is 0 Å². The van der Waals surface area contributed by atoms with E-state index in [4.69, 9.17) is 0 Å². The average Bonchev–Trinajstić information content (AvgIpc) is 2.80. The van der Waals surface area contributed by atoms with Gasteiger partial charge in [0, 0.05) is 36.6 Å². The smallest absolute Gasteiger partial charge is 0.380 e. The number of aromatic nitrogens is 1. The van der Waals surface area contributed by atoms with E-state index in [1.807, 2.05) is 36.1 Å². The molecule has 0 aliphatic rings. The minimum Gasteiger partial charge on any atom is -0.380 e. The second-order valence-corrected chi connectivity index (χ2v) is 5.46. The van der Waals surface area contributed by atoms with Gasteiger partial charge in [0.2, 0.25) is 0 Å². The number of nitrogens with one attached hydrogen (secondary N) is 1. The molecule has 0 fully saturated rings. The van der Waals surface area contributed by atoms with Gasteiger partial charge in [-0.05, 0) is 23.8 Å². The minimum atomic E-state index is -4.16. The molecule has 0 saturated heterocycles. The molecule has 2 rings (SSSR count). The van der Waals surface area contributed by atoms with Crippen LogP contribution in [0.3, 0.4) is 0 Å². The van der Waals surface area contributed by atoms with E-state index in [0.717, 1.165) is 23.0 Å². The third-order valence-corrected chi connectivity index (χ3v) is 3.79. The van der Waals surface area contributed by atoms with Crippen molar-refractivity contribution >= 4 is 17.4 Å². The van der Waals surface area contributed by atoms with E-state index in [1.165, 1.54) is 0 Å². The maximum atomic E-state index is 12.3. The van der Waals surface area contributed by atoms with E-state index < -0.39 is 11.9 Å². The first kappa shape index (κ1) is 14.8. The first-order chi connectivity index (χ1) is 9.44. The van der Waals surface area contributed by atoms with Crippen molar-refractivity contribution in [3.63, 3.8) is 0 Å². The number of rotatable bonds is 5. The maximum Gasteiger partial charge on any atom is 0.398 e. The molecule has 0 spiro atoms. The zero-order valence-corrected chi connectivity index (χ0v) is 11.8. The summed E-state index contributed by atoms with van der Waals surface area (Å²) in [6.45, 7) is 0.588. The normalized spacial score (nSPS) is 11.6. The van der Waals surface area contributed by atoms with E-state index in [9.17, 15) is 13.2 Å². The quantitative estimate of drug-likeness (QED) is 0.830. The van der Waals surface area contributed by atoms with Crippen LogP contribution in [0, 0.1) is 0 Å². The van der Waals surface area contributed by atoms with E-state index in [0.29, 0.717) is 11.4 Å². The van der Waals surface area contributed by atoms with E-state index in [1.54, 1.807) is 18.2 Å². The molecule has 2 nitrogen and oxygen atoms in total. The fourth-order valence-corrected chi connectivity index (χ4v) is 2.55. The largest absolute Gasteiger partial charge is 0.398 e. The molecule has 1 aromatic carbocycles. The number of thioether (sulfide) groups is 1. The van der Waals surface area contributed by atoms with Gasteiger partial charge < -0.3 is 9.88 Å². The number of benzene rings is 1. The fourth-order valence-electron chi connectivity index (χ4n) is 1.76. The predicted molar refractivity (Wildman–Crippen MR) is 76.0 cm³/mol. The van der Waals surface area contributed by atoms with E-state index in [-0.39, 0.29) is 0 Å². The molecule has 1 N–H and O–H groups in total. The van der Waals surface area contributed by atoms with Crippen molar-refractivity contribution in [2.75, 3.05) is 11.1 Å². The summed E-state index contributed by atoms with van der Waals surface area (Å²) in [5.74, 6) is -0.878. The number of aryl methyl sites for hydroxylation is 1. The van der Waals surface area contributed by atoms with Gasteiger partial charge in [0.15, 0.2) is 0 Å². The molecule has 20 heavy (non-hydrogen) atoms. The number of alkyl halides is 3. The molecule has 0 saturated carbocycles. The molecule has 0 bridgehead atoms. The van der Waals surface area contributed by atoms with Gasteiger partial charge in [-0.3, -0.25) is 0 Å². The molecular weight excluding hydrogens is 285 g/mol. The summed E-state index contributed by atoms with van der Waals surface area (Å²) in [4.78, 5) is 0.612. The first-order valence-corrected chi connectivity index (χ1v) is 7.06. The number of para-hydroxylation sites is 1. The second kappa shape index (κ2) is 6.26. The summed E-state index contributed by atoms with van der Waals surface area (Å²) < 4.78 is 38.8. The van der Waals surface area contributed by atoms with Gasteiger partial charge in [0.05, 0.1) is 5.75 Å². The van der Waals surface area contributed by atoms with E-state index >= 15 is 0 Å². The molecule has 0 unspecified atom stereocenters. The van der Waals surface area contributed by atoms with Crippen LogP contribution < -0.4 is 5.32 Å². The van der Waals surface area contributed by atoms with Crippen molar-refractivity contribution in [3.05, 3.63) is 48.3 Å². The standard InChI is InChI=1S/C14H15F3N2S/c1-19-7-6-11(9-19)8-18-12-4-2-3-5-13(12)20-10-14(15,16)17/h2-7,9,18H,8,10H2,1H3. The SMILES string of the molecule is Cn1ccc(CNc2ccccc2SCC(F)(F)F)c1. The Morgan fingerprint density at radius 3 is 2.60 bits per heavy atom. The average molecular weight is 300 g/mol. The number of anilines is 1. The van der Waals surface area contributed by atoms with Gasteiger partial charge in [-0.15, -0.1) is 11.8 Å². The highest BCUT2D eigenvalue weighted by Crippen LogP contribution is 2.32. The van der Waals surface area contributed by atoms with Crippen molar-refractivity contribution in [2.24, 2.45) is 7.05 Å². The minimum absolute atomic E-state index is 0.588. The van der Waals surface area contributed by atoms with Crippen LogP contribution in [0.1, 0.15) is 5.56 Å². The third kappa shape index (κ3) is 4.52. The summed E-state index contributed by atoms with van der Waals surface area (Å²) in [5, 5.41) is 3.18. The Kier molecular flexibility index (Phi) is 4.65. The molecule has 1 heterocycles. The predicted octanol–water partition coefficient (Wildman–Crippen LogP) is 4.29. The van der Waals surface area contributed by atoms with Crippen LogP contribution in [0.15, 0.2) is 47.6 Å². The molecule has 1 aromatic heterocycles. The number of hydrogen-bond acceptors (Lipinski definition) is 2. The molecular formula is C14H15F3N2S. The van der Waals surface area contributed by atoms with Crippen LogP contribution in [0.25, 0.3) is 0 Å². The Morgan fingerprint density at radius 1 is 1.20 bits per heavy atom. The number of nitrogens with zero attached hydrogens (tertiary/aromatic N) is 1. The van der Waals surface area contributed by atoms with Crippen LogP contribution in [0.5, 0.6) is 0 Å². The third-order valence-electron chi connectivity index (χ3n) is 2.65. The summed E-state index contributed by atoms with van der Waals surface area (Å²) in [6.07, 6.45) is -0.253. The molecule has 6 heteroatoms. The molecule has 0 atom stereocenters. The van der Waals surface area contributed by atoms with E-state index in [2.05, 4.69) is 5.32 Å². The van der Waals surface area contributed by atoms with Crippen LogP contribution in [0.2, 0.25) is 0 Å². The van der Waals surface area contributed by atoms with Crippen molar-refractivity contribution < 1.29 is 13.2 Å². The Morgan fingerprint density at radius 2 is 1.95 bits per heavy atom. The molecule has 0 aliphatic carbocycles. The lowest BCUT2D eigenvalue weighted by atomic mass is 10.3. The first-order valence-electron chi connectivity index (χ1n) is 6.07. The fraction of sp³-hybridized carbons (Fsp3) is 0.286. The Labute approximate surface area is 120 Å². The van der Waals surface area contributed by atoms with Gasteiger partial charge in [-0.1, -0.05) is 12.1 Å². The Hall–Kier alpha value is -1.56. The summed E-state index contributed by atoms with van der Waals surface area (Å²) >= 11 is 0.802. The maximum absolute atomic E-state index is 12.3. The van der Waals surface area contributed by atoms with Crippen LogP contribution in [0.4, 0.5) is 18.9 Å². The second-order valence-electron chi connectivity index (χ2n) is 4.44. The zero-order chi connectivity index (χ0) is 14.6. The Bertz CT molecular complexity index is 564. The molecule has 0 amide bonds. The molecule has 2 aromatic rings. The summed E-state index contributed by atoms with van der Waals surface area (Å²) in [5.41, 5.74) is 1.81. The lowest BCUT2D eigenvalue weighted by Crippen LogP contribution is -2.11. The van der Waals surface area contributed by atoms with Gasteiger partial charge in [-0.2, -0.15) is 13.2 Å². The van der Waals surface area contributed by atoms with Crippen molar-refractivity contribution in [1.29, 1.82) is 0 Å². The highest BCUT2D eigenvalue weighted by Gasteiger charge is 2.27. The Balaban J connectivity index is 2.00. The topological polar surface area (TPSA) is 17.0 Å². The molecule has 108 valence electrons. The van der Waals surface area contributed by atoms with Crippen molar-refractivity contribution in [2.45, 2.75) is 17.6 Å². The lowest BCUT2D eigenvalue weighted by molar-refractivity contribution is -0.105. The summed E-state index contributed by atoms with van der Waals surface area (Å²) in [6, 6.07) is 9.02. The summed E-state index contributed by atoms with van der Waals surface area (Å²) in [7, 11) is 1.93. The van der Waals surface area contributed by atoms with Gasteiger partial charge in [-0.25, -0.2) is 0 Å². The highest BCUT2D eigenvalue weighted by molar-refractivity contribution is 7.99. The van der Waals surface area contributed by atoms with Gasteiger partial charge in [0.1, 0.15) is 0 Å². The van der Waals surface area contributed by atoms with Crippen LogP contribution in [-0.4, -0.2) is 16.5 Å². The van der Waals surface area contributed by atoms with Crippen molar-refractivity contribution in [1.82, 2.24) is 4.57 Å². The molecule has 0 radical (unpaired) electrons. The monoisotopic (exact) mass is 300 g/mol. The number of halogens is 3. The van der Waals surface area contributed by atoms with Gasteiger partial charge >= 0.3 is 6.18 Å². The van der Waals surface area contributed by atoms with Crippen LogP contribution >= 0.6 is 11.8 Å². The van der Waals surface area contributed by atoms with Crippen molar-refractivity contribution in [3.8, 4) is 0 Å².